The van der Waals surface area contributed by atoms with Crippen molar-refractivity contribution in [2.75, 3.05) is 24.8 Å². The lowest BCUT2D eigenvalue weighted by molar-refractivity contribution is 0.413. The van der Waals surface area contributed by atoms with Crippen LogP contribution in [0.1, 0.15) is 5.56 Å². The summed E-state index contributed by atoms with van der Waals surface area (Å²) < 4.78 is 10.2. The summed E-state index contributed by atoms with van der Waals surface area (Å²) >= 11 is 0. The number of furan rings is 1. The standard InChI is InChI=1S/C11H14N4O2/c1-15(5-8-3-4-17-6-8)11-9(16-2)10(12)13-7-14-11/h3-4,6-7H,5H2,1-2H3,(H2,12,13,14). The summed E-state index contributed by atoms with van der Waals surface area (Å²) in [5.41, 5.74) is 6.77. The Morgan fingerprint density at radius 1 is 1.47 bits per heavy atom. The fraction of sp³-hybridized carbons (Fsp3) is 0.273. The van der Waals surface area contributed by atoms with E-state index in [9.17, 15) is 0 Å². The first kappa shape index (κ1) is 11.3. The van der Waals surface area contributed by atoms with E-state index >= 15 is 0 Å². The van der Waals surface area contributed by atoms with Crippen molar-refractivity contribution in [2.24, 2.45) is 0 Å². The highest BCUT2D eigenvalue weighted by atomic mass is 16.5. The molecule has 0 fully saturated rings. The van der Waals surface area contributed by atoms with Gasteiger partial charge in [0.25, 0.3) is 0 Å². The molecule has 17 heavy (non-hydrogen) atoms. The number of rotatable bonds is 4. The summed E-state index contributed by atoms with van der Waals surface area (Å²) in [7, 11) is 3.45. The molecule has 0 unspecified atom stereocenters. The quantitative estimate of drug-likeness (QED) is 0.859. The number of hydrogen-bond acceptors (Lipinski definition) is 6. The molecule has 2 heterocycles. The molecule has 2 N–H and O–H groups in total. The Labute approximate surface area is 99.0 Å². The minimum atomic E-state index is 0.330. The van der Waals surface area contributed by atoms with Crippen molar-refractivity contribution in [3.63, 3.8) is 0 Å². The molecule has 2 rings (SSSR count). The van der Waals surface area contributed by atoms with Gasteiger partial charge in [-0.15, -0.1) is 0 Å². The topological polar surface area (TPSA) is 77.4 Å². The fourth-order valence-electron chi connectivity index (χ4n) is 1.58. The van der Waals surface area contributed by atoms with Crippen molar-refractivity contribution in [3.8, 4) is 5.75 Å². The van der Waals surface area contributed by atoms with E-state index in [0.29, 0.717) is 23.9 Å². The number of nitrogen functional groups attached to an aromatic ring is 1. The molecule has 6 heteroatoms. The molecule has 0 aromatic carbocycles. The van der Waals surface area contributed by atoms with Gasteiger partial charge >= 0.3 is 0 Å². The summed E-state index contributed by atoms with van der Waals surface area (Å²) in [5.74, 6) is 1.47. The monoisotopic (exact) mass is 234 g/mol. The van der Waals surface area contributed by atoms with E-state index in [-0.39, 0.29) is 0 Å². The molecule has 90 valence electrons. The molecular formula is C11H14N4O2. The van der Waals surface area contributed by atoms with Crippen LogP contribution in [0.3, 0.4) is 0 Å². The van der Waals surface area contributed by atoms with Crippen LogP contribution in [0.5, 0.6) is 5.75 Å². The van der Waals surface area contributed by atoms with Gasteiger partial charge in [-0.25, -0.2) is 9.97 Å². The Morgan fingerprint density at radius 2 is 2.29 bits per heavy atom. The largest absolute Gasteiger partial charge is 0.490 e. The summed E-state index contributed by atoms with van der Waals surface area (Å²) in [6.07, 6.45) is 4.74. The third-order valence-corrected chi connectivity index (χ3v) is 2.38. The van der Waals surface area contributed by atoms with Crippen molar-refractivity contribution >= 4 is 11.6 Å². The molecule has 0 bridgehead atoms. The molecular weight excluding hydrogens is 220 g/mol. The fourth-order valence-corrected chi connectivity index (χ4v) is 1.58. The Morgan fingerprint density at radius 3 is 2.94 bits per heavy atom. The highest BCUT2D eigenvalue weighted by Crippen LogP contribution is 2.29. The maximum Gasteiger partial charge on any atom is 0.204 e. The van der Waals surface area contributed by atoms with Gasteiger partial charge in [-0.3, -0.25) is 0 Å². The van der Waals surface area contributed by atoms with Gasteiger partial charge in [-0.05, 0) is 6.07 Å². The number of nitrogens with two attached hydrogens (primary N) is 1. The van der Waals surface area contributed by atoms with Crippen LogP contribution < -0.4 is 15.4 Å². The van der Waals surface area contributed by atoms with Gasteiger partial charge in [0.2, 0.25) is 5.75 Å². The van der Waals surface area contributed by atoms with Crippen LogP contribution in [0.2, 0.25) is 0 Å². The first-order valence-corrected chi connectivity index (χ1v) is 5.09. The van der Waals surface area contributed by atoms with Crippen LogP contribution in [0.4, 0.5) is 11.6 Å². The van der Waals surface area contributed by atoms with E-state index in [1.807, 2.05) is 18.0 Å². The lowest BCUT2D eigenvalue weighted by atomic mass is 10.3. The third-order valence-electron chi connectivity index (χ3n) is 2.38. The first-order valence-electron chi connectivity index (χ1n) is 5.09. The second-order valence-electron chi connectivity index (χ2n) is 3.60. The van der Waals surface area contributed by atoms with Crippen LogP contribution in [0.15, 0.2) is 29.3 Å². The SMILES string of the molecule is COc1c(N)ncnc1N(C)Cc1ccoc1. The van der Waals surface area contributed by atoms with E-state index < -0.39 is 0 Å². The van der Waals surface area contributed by atoms with E-state index in [0.717, 1.165) is 5.56 Å². The maximum absolute atomic E-state index is 5.72. The van der Waals surface area contributed by atoms with Gasteiger partial charge in [0.1, 0.15) is 6.33 Å². The van der Waals surface area contributed by atoms with Crippen LogP contribution in [-0.4, -0.2) is 24.1 Å². The third kappa shape index (κ3) is 2.30. The van der Waals surface area contributed by atoms with Gasteiger partial charge in [0.15, 0.2) is 11.6 Å². The Balaban J connectivity index is 2.24. The Kier molecular flexibility index (Phi) is 3.13. The maximum atomic E-state index is 5.72. The molecule has 0 saturated carbocycles. The molecule has 0 spiro atoms. The van der Waals surface area contributed by atoms with Crippen molar-refractivity contribution in [2.45, 2.75) is 6.54 Å². The molecule has 6 nitrogen and oxygen atoms in total. The highest BCUT2D eigenvalue weighted by Gasteiger charge is 2.14. The zero-order valence-electron chi connectivity index (χ0n) is 9.75. The van der Waals surface area contributed by atoms with Crippen LogP contribution >= 0.6 is 0 Å². The van der Waals surface area contributed by atoms with Gasteiger partial charge < -0.3 is 19.8 Å². The molecule has 0 amide bonds. The lowest BCUT2D eigenvalue weighted by Gasteiger charge is -2.19. The number of anilines is 2. The molecule has 2 aromatic rings. The minimum absolute atomic E-state index is 0.330. The Hall–Kier alpha value is -2.24. The van der Waals surface area contributed by atoms with Crippen LogP contribution in [0.25, 0.3) is 0 Å². The zero-order valence-corrected chi connectivity index (χ0v) is 9.75. The molecule has 2 aromatic heterocycles. The molecule has 0 atom stereocenters. The smallest absolute Gasteiger partial charge is 0.204 e. The average Bonchev–Trinajstić information content (AvgIpc) is 2.81. The van der Waals surface area contributed by atoms with Crippen molar-refractivity contribution in [1.82, 2.24) is 9.97 Å². The molecule has 0 saturated heterocycles. The first-order chi connectivity index (χ1) is 8.22. The molecule has 0 aliphatic carbocycles. The Bertz CT molecular complexity index is 484. The van der Waals surface area contributed by atoms with Crippen molar-refractivity contribution in [3.05, 3.63) is 30.5 Å². The second kappa shape index (κ2) is 4.73. The zero-order chi connectivity index (χ0) is 12.3. The van der Waals surface area contributed by atoms with E-state index in [1.165, 1.54) is 6.33 Å². The van der Waals surface area contributed by atoms with Gasteiger partial charge in [-0.2, -0.15) is 0 Å². The lowest BCUT2D eigenvalue weighted by Crippen LogP contribution is -2.19. The summed E-state index contributed by atoms with van der Waals surface area (Å²) in [6.45, 7) is 0.656. The minimum Gasteiger partial charge on any atom is -0.490 e. The number of hydrogen-bond donors (Lipinski definition) is 1. The molecule has 0 radical (unpaired) electrons. The van der Waals surface area contributed by atoms with Crippen LogP contribution in [-0.2, 0) is 6.54 Å². The van der Waals surface area contributed by atoms with E-state index in [4.69, 9.17) is 14.9 Å². The molecule has 0 aliphatic rings. The predicted octanol–water partition coefficient (Wildman–Crippen LogP) is 1.30. The number of aromatic nitrogens is 2. The highest BCUT2D eigenvalue weighted by molar-refractivity contribution is 5.62. The summed E-state index contributed by atoms with van der Waals surface area (Å²) in [6, 6.07) is 1.90. The number of nitrogens with zero attached hydrogens (tertiary/aromatic N) is 3. The average molecular weight is 234 g/mol. The normalized spacial score (nSPS) is 10.2. The summed E-state index contributed by atoms with van der Waals surface area (Å²) in [4.78, 5) is 9.97. The van der Waals surface area contributed by atoms with Gasteiger partial charge in [0, 0.05) is 19.2 Å². The van der Waals surface area contributed by atoms with Gasteiger partial charge in [0.05, 0.1) is 19.6 Å². The number of methoxy groups -OCH3 is 1. The number of ether oxygens (including phenoxy) is 1. The molecule has 0 aliphatic heterocycles. The van der Waals surface area contributed by atoms with Gasteiger partial charge in [-0.1, -0.05) is 0 Å². The van der Waals surface area contributed by atoms with Crippen molar-refractivity contribution < 1.29 is 9.15 Å². The van der Waals surface area contributed by atoms with Crippen LogP contribution in [0, 0.1) is 0 Å². The summed E-state index contributed by atoms with van der Waals surface area (Å²) in [5, 5.41) is 0. The van der Waals surface area contributed by atoms with Crippen molar-refractivity contribution in [1.29, 1.82) is 0 Å². The second-order valence-corrected chi connectivity index (χ2v) is 3.60. The predicted molar refractivity (Wildman–Crippen MR) is 63.8 cm³/mol. The van der Waals surface area contributed by atoms with E-state index in [2.05, 4.69) is 9.97 Å². The van der Waals surface area contributed by atoms with E-state index in [1.54, 1.807) is 19.6 Å².